The van der Waals surface area contributed by atoms with Crippen LogP contribution >= 0.6 is 0 Å². The van der Waals surface area contributed by atoms with E-state index in [2.05, 4.69) is 43.0 Å². The molecule has 0 atom stereocenters. The van der Waals surface area contributed by atoms with Gasteiger partial charge >= 0.3 is 0 Å². The summed E-state index contributed by atoms with van der Waals surface area (Å²) in [5.74, 6) is 1.30. The fourth-order valence-electron chi connectivity index (χ4n) is 1.62. The predicted octanol–water partition coefficient (Wildman–Crippen LogP) is 3.46. The Morgan fingerprint density at radius 3 is 2.80 bits per heavy atom. The Labute approximate surface area is 90.4 Å². The Morgan fingerprint density at radius 1 is 1.27 bits per heavy atom. The Kier molecular flexibility index (Phi) is 3.03. The molecular weight excluding hydrogens is 184 g/mol. The second-order valence-electron chi connectivity index (χ2n) is 3.47. The van der Waals surface area contributed by atoms with Crippen molar-refractivity contribution in [2.45, 2.75) is 5.92 Å². The van der Waals surface area contributed by atoms with E-state index in [-0.39, 0.29) is 0 Å². The van der Waals surface area contributed by atoms with Crippen molar-refractivity contribution in [1.82, 2.24) is 0 Å². The minimum absolute atomic E-state index is 0.400. The summed E-state index contributed by atoms with van der Waals surface area (Å²) in [5, 5.41) is 0. The summed E-state index contributed by atoms with van der Waals surface area (Å²) in [7, 11) is 0. The standard InChI is InChI=1S/C14H14O/c1-2-10-15-14-9-5-8-13(11-14)12-6-3-4-7-12/h2-9,11-12H,1,10H2. The van der Waals surface area contributed by atoms with Gasteiger partial charge in [0.2, 0.25) is 0 Å². The Bertz CT molecular complexity index is 390. The lowest BCUT2D eigenvalue weighted by atomic mass is 10.0. The summed E-state index contributed by atoms with van der Waals surface area (Å²) < 4.78 is 5.49. The van der Waals surface area contributed by atoms with Gasteiger partial charge in [0.05, 0.1) is 0 Å². The van der Waals surface area contributed by atoms with Crippen LogP contribution < -0.4 is 4.74 Å². The lowest BCUT2D eigenvalue weighted by molar-refractivity contribution is 0.363. The summed E-state index contributed by atoms with van der Waals surface area (Å²) in [6.45, 7) is 4.18. The van der Waals surface area contributed by atoms with E-state index in [1.165, 1.54) is 5.56 Å². The van der Waals surface area contributed by atoms with E-state index >= 15 is 0 Å². The Hall–Kier alpha value is -1.76. The molecule has 0 amide bonds. The molecule has 15 heavy (non-hydrogen) atoms. The van der Waals surface area contributed by atoms with Crippen molar-refractivity contribution in [3.63, 3.8) is 0 Å². The summed E-state index contributed by atoms with van der Waals surface area (Å²) in [6.07, 6.45) is 10.2. The molecule has 1 nitrogen and oxygen atoms in total. The number of ether oxygens (including phenoxy) is 1. The van der Waals surface area contributed by atoms with Crippen LogP contribution in [-0.4, -0.2) is 6.61 Å². The maximum absolute atomic E-state index is 5.49. The van der Waals surface area contributed by atoms with Crippen molar-refractivity contribution >= 4 is 0 Å². The molecular formula is C14H14O. The maximum atomic E-state index is 5.49. The van der Waals surface area contributed by atoms with E-state index in [1.54, 1.807) is 6.08 Å². The normalized spacial score (nSPS) is 14.4. The Balaban J connectivity index is 2.14. The van der Waals surface area contributed by atoms with Gasteiger partial charge in [-0.1, -0.05) is 49.1 Å². The van der Waals surface area contributed by atoms with E-state index in [1.807, 2.05) is 12.1 Å². The molecule has 0 heterocycles. The first-order valence-corrected chi connectivity index (χ1v) is 5.09. The van der Waals surface area contributed by atoms with Crippen molar-refractivity contribution in [1.29, 1.82) is 0 Å². The number of allylic oxidation sites excluding steroid dienone is 4. The number of hydrogen-bond donors (Lipinski definition) is 0. The molecule has 1 aromatic rings. The van der Waals surface area contributed by atoms with Crippen molar-refractivity contribution in [2.75, 3.05) is 6.61 Å². The van der Waals surface area contributed by atoms with Crippen LogP contribution in [0.2, 0.25) is 0 Å². The molecule has 1 heteroatoms. The molecule has 1 aliphatic rings. The highest BCUT2D eigenvalue weighted by Crippen LogP contribution is 2.25. The van der Waals surface area contributed by atoms with Crippen LogP contribution in [0.15, 0.2) is 61.2 Å². The lowest BCUT2D eigenvalue weighted by Crippen LogP contribution is -1.95. The van der Waals surface area contributed by atoms with Crippen LogP contribution in [0.25, 0.3) is 0 Å². The quantitative estimate of drug-likeness (QED) is 0.673. The van der Waals surface area contributed by atoms with Gasteiger partial charge in [0, 0.05) is 5.92 Å². The minimum Gasteiger partial charge on any atom is -0.490 e. The molecule has 0 bridgehead atoms. The number of rotatable bonds is 4. The van der Waals surface area contributed by atoms with E-state index in [0.717, 1.165) is 5.75 Å². The molecule has 0 spiro atoms. The average Bonchev–Trinajstić information content (AvgIpc) is 2.80. The van der Waals surface area contributed by atoms with E-state index in [4.69, 9.17) is 4.74 Å². The van der Waals surface area contributed by atoms with Crippen LogP contribution in [0, 0.1) is 0 Å². The molecule has 1 aromatic carbocycles. The molecule has 0 saturated heterocycles. The van der Waals surface area contributed by atoms with E-state index in [0.29, 0.717) is 12.5 Å². The van der Waals surface area contributed by atoms with Crippen molar-refractivity contribution in [3.05, 3.63) is 66.8 Å². The highest BCUT2D eigenvalue weighted by atomic mass is 16.5. The van der Waals surface area contributed by atoms with Crippen LogP contribution in [-0.2, 0) is 0 Å². The maximum Gasteiger partial charge on any atom is 0.120 e. The molecule has 0 saturated carbocycles. The van der Waals surface area contributed by atoms with E-state index < -0.39 is 0 Å². The average molecular weight is 198 g/mol. The summed E-state index contributed by atoms with van der Waals surface area (Å²) in [5.41, 5.74) is 1.27. The van der Waals surface area contributed by atoms with Gasteiger partial charge in [0.15, 0.2) is 0 Å². The van der Waals surface area contributed by atoms with Gasteiger partial charge in [0.25, 0.3) is 0 Å². The molecule has 0 aliphatic heterocycles. The van der Waals surface area contributed by atoms with Crippen LogP contribution in [0.4, 0.5) is 0 Å². The first kappa shape index (κ1) is 9.78. The topological polar surface area (TPSA) is 9.23 Å². The third-order valence-electron chi connectivity index (χ3n) is 2.36. The molecule has 0 fully saturated rings. The van der Waals surface area contributed by atoms with Crippen molar-refractivity contribution < 1.29 is 4.74 Å². The largest absolute Gasteiger partial charge is 0.490 e. The van der Waals surface area contributed by atoms with Crippen LogP contribution in [0.3, 0.4) is 0 Å². The highest BCUT2D eigenvalue weighted by molar-refractivity contribution is 5.38. The fourth-order valence-corrected chi connectivity index (χ4v) is 1.62. The molecule has 0 radical (unpaired) electrons. The van der Waals surface area contributed by atoms with Crippen LogP contribution in [0.1, 0.15) is 11.5 Å². The summed E-state index contributed by atoms with van der Waals surface area (Å²) >= 11 is 0. The molecule has 0 unspecified atom stereocenters. The van der Waals surface area contributed by atoms with Gasteiger partial charge in [-0.05, 0) is 17.7 Å². The van der Waals surface area contributed by atoms with Gasteiger partial charge in [-0.3, -0.25) is 0 Å². The van der Waals surface area contributed by atoms with Gasteiger partial charge < -0.3 is 4.74 Å². The smallest absolute Gasteiger partial charge is 0.120 e. The highest BCUT2D eigenvalue weighted by Gasteiger charge is 2.07. The Morgan fingerprint density at radius 2 is 2.07 bits per heavy atom. The van der Waals surface area contributed by atoms with Gasteiger partial charge in [-0.2, -0.15) is 0 Å². The number of hydrogen-bond acceptors (Lipinski definition) is 1. The zero-order valence-corrected chi connectivity index (χ0v) is 8.60. The zero-order valence-electron chi connectivity index (χ0n) is 8.60. The lowest BCUT2D eigenvalue weighted by Gasteiger charge is -2.08. The molecule has 1 aliphatic carbocycles. The molecule has 0 aromatic heterocycles. The van der Waals surface area contributed by atoms with E-state index in [9.17, 15) is 0 Å². The second-order valence-corrected chi connectivity index (χ2v) is 3.47. The number of benzene rings is 1. The third kappa shape index (κ3) is 2.38. The first-order valence-electron chi connectivity index (χ1n) is 5.09. The van der Waals surface area contributed by atoms with Crippen molar-refractivity contribution in [3.8, 4) is 5.75 Å². The predicted molar refractivity (Wildman–Crippen MR) is 63.2 cm³/mol. The fraction of sp³-hybridized carbons (Fsp3) is 0.143. The second kappa shape index (κ2) is 4.65. The molecule has 76 valence electrons. The first-order chi connectivity index (χ1) is 7.40. The monoisotopic (exact) mass is 198 g/mol. The van der Waals surface area contributed by atoms with Gasteiger partial charge in [0.1, 0.15) is 12.4 Å². The minimum atomic E-state index is 0.400. The summed E-state index contributed by atoms with van der Waals surface area (Å²) in [6, 6.07) is 8.18. The summed E-state index contributed by atoms with van der Waals surface area (Å²) in [4.78, 5) is 0. The molecule has 0 N–H and O–H groups in total. The van der Waals surface area contributed by atoms with Crippen molar-refractivity contribution in [2.24, 2.45) is 0 Å². The zero-order chi connectivity index (χ0) is 10.5. The molecule has 2 rings (SSSR count). The third-order valence-corrected chi connectivity index (χ3v) is 2.36. The SMILES string of the molecule is C=CCOc1cccc(C2C=CC=C2)c1. The van der Waals surface area contributed by atoms with Gasteiger partial charge in [-0.25, -0.2) is 0 Å². The van der Waals surface area contributed by atoms with Gasteiger partial charge in [-0.15, -0.1) is 0 Å². The van der Waals surface area contributed by atoms with Crippen LogP contribution in [0.5, 0.6) is 5.75 Å².